The minimum atomic E-state index is -4.12. The third kappa shape index (κ3) is 8.97. The van der Waals surface area contributed by atoms with Gasteiger partial charge in [0, 0.05) is 38.4 Å². The fraction of sp³-hybridized carbons (Fsp3) is 0.778. The lowest BCUT2D eigenvalue weighted by Crippen LogP contribution is -2.38. The molecule has 2 N–H and O–H groups in total. The molecule has 0 amide bonds. The molecule has 1 saturated heterocycles. The van der Waals surface area contributed by atoms with Gasteiger partial charge in [-0.3, -0.25) is 14.6 Å². The van der Waals surface area contributed by atoms with E-state index < -0.39 is 12.7 Å². The van der Waals surface area contributed by atoms with Crippen LogP contribution >= 0.6 is 24.0 Å². The van der Waals surface area contributed by atoms with Crippen molar-refractivity contribution in [3.05, 3.63) is 17.5 Å². The topological polar surface area (TPSA) is 57.5 Å². The van der Waals surface area contributed by atoms with E-state index in [1.54, 1.807) is 0 Å². The van der Waals surface area contributed by atoms with Gasteiger partial charge in [0.2, 0.25) is 0 Å². The van der Waals surface area contributed by atoms with E-state index in [0.717, 1.165) is 49.8 Å². The smallest absolute Gasteiger partial charge is 0.357 e. The Balaban J connectivity index is 0.00000392. The summed E-state index contributed by atoms with van der Waals surface area (Å²) in [4.78, 5) is 6.02. The van der Waals surface area contributed by atoms with E-state index >= 15 is 0 Å². The molecule has 28 heavy (non-hydrogen) atoms. The molecule has 0 saturated carbocycles. The van der Waals surface area contributed by atoms with Crippen molar-refractivity contribution in [2.24, 2.45) is 10.9 Å². The summed E-state index contributed by atoms with van der Waals surface area (Å²) in [6.07, 6.45) is -2.45. The number of hydrogen-bond acceptors (Lipinski definition) is 3. The molecule has 6 nitrogen and oxygen atoms in total. The minimum Gasteiger partial charge on any atom is -0.357 e. The van der Waals surface area contributed by atoms with Crippen LogP contribution in [0.4, 0.5) is 13.2 Å². The summed E-state index contributed by atoms with van der Waals surface area (Å²) >= 11 is 0. The third-order valence-electron chi connectivity index (χ3n) is 4.57. The highest BCUT2D eigenvalue weighted by Gasteiger charge is 2.34. The molecule has 0 radical (unpaired) electrons. The first-order valence-corrected chi connectivity index (χ1v) is 9.59. The molecule has 2 rings (SSSR count). The van der Waals surface area contributed by atoms with Crippen molar-refractivity contribution in [1.29, 1.82) is 0 Å². The molecule has 1 aliphatic rings. The van der Waals surface area contributed by atoms with Gasteiger partial charge in [0.1, 0.15) is 0 Å². The number of aliphatic imine (C=N–C) groups is 1. The number of rotatable bonds is 8. The predicted octanol–water partition coefficient (Wildman–Crippen LogP) is 2.95. The number of aryl methyl sites for hydroxylation is 3. The van der Waals surface area contributed by atoms with E-state index in [2.05, 4.69) is 26.8 Å². The molecule has 1 fully saturated rings. The molecule has 1 atom stereocenters. The molecule has 0 aromatic carbocycles. The van der Waals surface area contributed by atoms with Gasteiger partial charge in [-0.15, -0.1) is 24.0 Å². The quantitative estimate of drug-likeness (QED) is 0.242. The summed E-state index contributed by atoms with van der Waals surface area (Å²) in [5.41, 5.74) is 2.17. The number of likely N-dealkylation sites (tertiary alicyclic amines) is 1. The van der Waals surface area contributed by atoms with Crippen molar-refractivity contribution < 1.29 is 13.2 Å². The molecule has 1 aliphatic heterocycles. The van der Waals surface area contributed by atoms with Gasteiger partial charge in [0.15, 0.2) is 5.96 Å². The van der Waals surface area contributed by atoms with Crippen LogP contribution in [0.3, 0.4) is 0 Å². The molecule has 10 heteroatoms. The third-order valence-corrected chi connectivity index (χ3v) is 4.57. The van der Waals surface area contributed by atoms with Crippen LogP contribution in [-0.4, -0.2) is 66.1 Å². The Morgan fingerprint density at radius 2 is 2.07 bits per heavy atom. The van der Waals surface area contributed by atoms with Crippen molar-refractivity contribution in [2.75, 3.05) is 39.3 Å². The number of halogens is 4. The van der Waals surface area contributed by atoms with Crippen LogP contribution in [0.15, 0.2) is 11.1 Å². The van der Waals surface area contributed by atoms with Gasteiger partial charge in [-0.05, 0) is 52.1 Å². The number of guanidine groups is 1. The average molecular weight is 516 g/mol. The highest BCUT2D eigenvalue weighted by atomic mass is 127. The van der Waals surface area contributed by atoms with Crippen LogP contribution in [0.25, 0.3) is 0 Å². The zero-order chi connectivity index (χ0) is 19.9. The standard InChI is InChI=1S/C18H31F3N6.HI/c1-4-22-17(23-7-5-8-27-15(3)10-14(2)25-27)24-11-16-6-9-26(12-16)13-18(19,20)21;/h10,16H,4-9,11-13H2,1-3H3,(H2,22,23,24);1H. The Labute approximate surface area is 182 Å². The van der Waals surface area contributed by atoms with E-state index in [-0.39, 0.29) is 29.9 Å². The summed E-state index contributed by atoms with van der Waals surface area (Å²) in [5.74, 6) is 0.901. The maximum Gasteiger partial charge on any atom is 0.401 e. The van der Waals surface area contributed by atoms with Gasteiger partial charge in [0.25, 0.3) is 0 Å². The largest absolute Gasteiger partial charge is 0.401 e. The van der Waals surface area contributed by atoms with Gasteiger partial charge in [-0.25, -0.2) is 0 Å². The normalized spacial score (nSPS) is 18.2. The van der Waals surface area contributed by atoms with Crippen LogP contribution in [-0.2, 0) is 6.54 Å². The van der Waals surface area contributed by atoms with E-state index in [1.807, 2.05) is 25.5 Å². The lowest BCUT2D eigenvalue weighted by atomic mass is 10.1. The first-order valence-electron chi connectivity index (χ1n) is 9.59. The van der Waals surface area contributed by atoms with Crippen LogP contribution in [0.2, 0.25) is 0 Å². The monoisotopic (exact) mass is 516 g/mol. The van der Waals surface area contributed by atoms with Crippen molar-refractivity contribution in [1.82, 2.24) is 25.3 Å². The summed E-state index contributed by atoms with van der Waals surface area (Å²) in [7, 11) is 0. The Morgan fingerprint density at radius 1 is 1.32 bits per heavy atom. The number of hydrogen-bond donors (Lipinski definition) is 2. The number of alkyl halides is 3. The second-order valence-corrected chi connectivity index (χ2v) is 7.16. The first-order chi connectivity index (χ1) is 12.8. The summed E-state index contributed by atoms with van der Waals surface area (Å²) in [5, 5.41) is 10.9. The van der Waals surface area contributed by atoms with Gasteiger partial charge >= 0.3 is 6.18 Å². The number of nitrogens with zero attached hydrogens (tertiary/aromatic N) is 4. The summed E-state index contributed by atoms with van der Waals surface area (Å²) in [6, 6.07) is 2.06. The lowest BCUT2D eigenvalue weighted by molar-refractivity contribution is -0.143. The van der Waals surface area contributed by atoms with E-state index in [1.165, 1.54) is 4.90 Å². The second kappa shape index (κ2) is 11.8. The fourth-order valence-electron chi connectivity index (χ4n) is 3.36. The predicted molar refractivity (Wildman–Crippen MR) is 116 cm³/mol. The van der Waals surface area contributed by atoms with Crippen molar-refractivity contribution in [2.45, 2.75) is 46.3 Å². The van der Waals surface area contributed by atoms with Gasteiger partial charge < -0.3 is 10.6 Å². The van der Waals surface area contributed by atoms with Crippen molar-refractivity contribution in [3.63, 3.8) is 0 Å². The highest BCUT2D eigenvalue weighted by molar-refractivity contribution is 14.0. The zero-order valence-corrected chi connectivity index (χ0v) is 19.2. The van der Waals surface area contributed by atoms with Crippen LogP contribution in [0.5, 0.6) is 0 Å². The molecular weight excluding hydrogens is 484 g/mol. The van der Waals surface area contributed by atoms with E-state index in [9.17, 15) is 13.2 Å². The van der Waals surface area contributed by atoms with Crippen LogP contribution < -0.4 is 10.6 Å². The highest BCUT2D eigenvalue weighted by Crippen LogP contribution is 2.22. The fourth-order valence-corrected chi connectivity index (χ4v) is 3.36. The first kappa shape index (κ1) is 25.0. The Bertz CT molecular complexity index is 617. The van der Waals surface area contributed by atoms with Gasteiger partial charge in [0.05, 0.1) is 12.2 Å². The molecule has 0 aliphatic carbocycles. The van der Waals surface area contributed by atoms with E-state index in [0.29, 0.717) is 19.6 Å². The second-order valence-electron chi connectivity index (χ2n) is 7.16. The van der Waals surface area contributed by atoms with Crippen LogP contribution in [0, 0.1) is 19.8 Å². The molecule has 162 valence electrons. The Hall–Kier alpha value is -1.04. The SMILES string of the molecule is CCNC(=NCC1CCN(CC(F)(F)F)C1)NCCCn1nc(C)cc1C.I. The Morgan fingerprint density at radius 3 is 2.68 bits per heavy atom. The average Bonchev–Trinajstić information content (AvgIpc) is 3.13. The minimum absolute atomic E-state index is 0. The molecule has 1 aromatic rings. The molecule has 0 bridgehead atoms. The van der Waals surface area contributed by atoms with E-state index in [4.69, 9.17) is 0 Å². The maximum atomic E-state index is 12.5. The molecule has 1 unspecified atom stereocenters. The maximum absolute atomic E-state index is 12.5. The number of nitrogens with one attached hydrogen (secondary N) is 2. The Kier molecular flexibility index (Phi) is 10.6. The van der Waals surface area contributed by atoms with Crippen molar-refractivity contribution >= 4 is 29.9 Å². The van der Waals surface area contributed by atoms with Crippen molar-refractivity contribution in [3.8, 4) is 0 Å². The summed E-state index contributed by atoms with van der Waals surface area (Å²) < 4.78 is 39.4. The molecule has 2 heterocycles. The van der Waals surface area contributed by atoms with Crippen LogP contribution in [0.1, 0.15) is 31.2 Å². The summed E-state index contributed by atoms with van der Waals surface area (Å²) in [6.45, 7) is 9.03. The molecule has 0 spiro atoms. The molecule has 1 aromatic heterocycles. The van der Waals surface area contributed by atoms with Gasteiger partial charge in [-0.2, -0.15) is 18.3 Å². The van der Waals surface area contributed by atoms with Gasteiger partial charge in [-0.1, -0.05) is 0 Å². The molecular formula is C18H32F3IN6. The number of aromatic nitrogens is 2. The zero-order valence-electron chi connectivity index (χ0n) is 16.8. The lowest BCUT2D eigenvalue weighted by Gasteiger charge is -2.17.